The molecule has 0 bridgehead atoms. The second kappa shape index (κ2) is 7.48. The second-order valence-corrected chi connectivity index (χ2v) is 7.15. The topological polar surface area (TPSA) is 57.6 Å². The number of ketones is 1. The third kappa shape index (κ3) is 3.32. The average molecular weight is 433 g/mol. The van der Waals surface area contributed by atoms with Gasteiger partial charge in [-0.05, 0) is 42.0 Å². The van der Waals surface area contributed by atoms with E-state index in [1.54, 1.807) is 30.3 Å². The minimum absolute atomic E-state index is 0.0569. The van der Waals surface area contributed by atoms with E-state index in [4.69, 9.17) is 11.6 Å². The normalized spacial score (nSPS) is 19.0. The first-order chi connectivity index (χ1) is 12.4. The molecule has 0 spiro atoms. The Labute approximate surface area is 164 Å². The highest BCUT2D eigenvalue weighted by atomic mass is 79.9. The molecule has 1 saturated heterocycles. The largest absolute Gasteiger partial charge is 0.507 e. The smallest absolute Gasteiger partial charge is 0.295 e. The van der Waals surface area contributed by atoms with Crippen molar-refractivity contribution < 1.29 is 14.7 Å². The Morgan fingerprint density at radius 1 is 1.15 bits per heavy atom. The number of halogens is 2. The van der Waals surface area contributed by atoms with Gasteiger partial charge < -0.3 is 10.0 Å². The van der Waals surface area contributed by atoms with E-state index in [-0.39, 0.29) is 17.9 Å². The lowest BCUT2D eigenvalue weighted by molar-refractivity contribution is -0.139. The summed E-state index contributed by atoms with van der Waals surface area (Å²) < 4.78 is 0.875. The zero-order chi connectivity index (χ0) is 18.8. The van der Waals surface area contributed by atoms with Gasteiger partial charge in [-0.15, -0.1) is 6.58 Å². The summed E-state index contributed by atoms with van der Waals surface area (Å²) >= 11 is 9.26. The van der Waals surface area contributed by atoms with Crippen LogP contribution in [0.4, 0.5) is 0 Å². The minimum Gasteiger partial charge on any atom is -0.507 e. The van der Waals surface area contributed by atoms with Crippen LogP contribution in [0.5, 0.6) is 0 Å². The highest BCUT2D eigenvalue weighted by Gasteiger charge is 2.45. The molecule has 1 amide bonds. The standard InChI is InChI=1S/C20H15BrClNO3/c1-2-11-23-17(12-3-7-14(21)8-4-12)16(19(25)20(23)26)18(24)13-5-9-15(22)10-6-13/h2-10,17,24H,1,11H2/b18-16+. The van der Waals surface area contributed by atoms with E-state index in [1.807, 2.05) is 24.3 Å². The summed E-state index contributed by atoms with van der Waals surface area (Å²) in [7, 11) is 0. The quantitative estimate of drug-likeness (QED) is 0.329. The number of Topliss-reactive ketones (excluding diaryl/α,β-unsaturated/α-hetero) is 1. The van der Waals surface area contributed by atoms with Gasteiger partial charge in [-0.1, -0.05) is 45.7 Å². The van der Waals surface area contributed by atoms with Crippen molar-refractivity contribution in [3.63, 3.8) is 0 Å². The zero-order valence-electron chi connectivity index (χ0n) is 13.7. The zero-order valence-corrected chi connectivity index (χ0v) is 16.0. The van der Waals surface area contributed by atoms with Gasteiger partial charge in [0.15, 0.2) is 0 Å². The Balaban J connectivity index is 2.18. The lowest BCUT2D eigenvalue weighted by Crippen LogP contribution is -2.29. The van der Waals surface area contributed by atoms with Crippen LogP contribution in [-0.2, 0) is 9.59 Å². The van der Waals surface area contributed by atoms with Gasteiger partial charge in [0.2, 0.25) is 0 Å². The van der Waals surface area contributed by atoms with Crippen LogP contribution in [0.3, 0.4) is 0 Å². The monoisotopic (exact) mass is 431 g/mol. The van der Waals surface area contributed by atoms with Gasteiger partial charge >= 0.3 is 0 Å². The molecule has 1 heterocycles. The first-order valence-corrected chi connectivity index (χ1v) is 9.02. The van der Waals surface area contributed by atoms with E-state index in [9.17, 15) is 14.7 Å². The predicted molar refractivity (Wildman–Crippen MR) is 105 cm³/mol. The van der Waals surface area contributed by atoms with Gasteiger partial charge in [-0.3, -0.25) is 9.59 Å². The number of hydrogen-bond donors (Lipinski definition) is 1. The Morgan fingerprint density at radius 3 is 2.35 bits per heavy atom. The fourth-order valence-electron chi connectivity index (χ4n) is 2.96. The molecular weight excluding hydrogens is 418 g/mol. The third-order valence-corrected chi connectivity index (χ3v) is 4.95. The molecule has 1 aliphatic rings. The van der Waals surface area contributed by atoms with Crippen LogP contribution < -0.4 is 0 Å². The molecule has 1 fully saturated rings. The van der Waals surface area contributed by atoms with Crippen molar-refractivity contribution in [1.82, 2.24) is 4.90 Å². The van der Waals surface area contributed by atoms with E-state index in [0.717, 1.165) is 10.0 Å². The van der Waals surface area contributed by atoms with Gasteiger partial charge in [0, 0.05) is 21.6 Å². The molecule has 6 heteroatoms. The van der Waals surface area contributed by atoms with Crippen molar-refractivity contribution in [2.45, 2.75) is 6.04 Å². The number of hydrogen-bond acceptors (Lipinski definition) is 3. The summed E-state index contributed by atoms with van der Waals surface area (Å²) in [5.74, 6) is -1.60. The Kier molecular flexibility index (Phi) is 5.30. The van der Waals surface area contributed by atoms with Crippen LogP contribution in [0.15, 0.2) is 71.2 Å². The lowest BCUT2D eigenvalue weighted by Gasteiger charge is -2.24. The number of carbonyl (C=O) groups excluding carboxylic acids is 2. The molecule has 2 aromatic rings. The number of benzene rings is 2. The number of nitrogens with zero attached hydrogens (tertiary/aromatic N) is 1. The highest BCUT2D eigenvalue weighted by Crippen LogP contribution is 2.39. The molecule has 1 N–H and O–H groups in total. The molecule has 1 aliphatic heterocycles. The molecule has 0 aromatic heterocycles. The average Bonchev–Trinajstić information content (AvgIpc) is 2.88. The maximum atomic E-state index is 12.6. The maximum absolute atomic E-state index is 12.6. The van der Waals surface area contributed by atoms with Gasteiger partial charge in [0.05, 0.1) is 11.6 Å². The first kappa shape index (κ1) is 18.4. The summed E-state index contributed by atoms with van der Waals surface area (Å²) in [6.45, 7) is 3.85. The van der Waals surface area contributed by atoms with Gasteiger partial charge in [0.1, 0.15) is 5.76 Å². The molecule has 1 unspecified atom stereocenters. The number of aliphatic hydroxyl groups is 1. The number of rotatable bonds is 4. The first-order valence-electron chi connectivity index (χ1n) is 7.84. The van der Waals surface area contributed by atoms with Crippen molar-refractivity contribution in [1.29, 1.82) is 0 Å². The molecule has 1 atom stereocenters. The third-order valence-electron chi connectivity index (χ3n) is 4.17. The number of amides is 1. The minimum atomic E-state index is -0.716. The number of aliphatic hydroxyl groups excluding tert-OH is 1. The predicted octanol–water partition coefficient (Wildman–Crippen LogP) is 4.71. The molecule has 0 saturated carbocycles. The van der Waals surface area contributed by atoms with Crippen LogP contribution in [0.25, 0.3) is 5.76 Å². The van der Waals surface area contributed by atoms with Crippen LogP contribution in [0, 0.1) is 0 Å². The molecule has 4 nitrogen and oxygen atoms in total. The van der Waals surface area contributed by atoms with Crippen molar-refractivity contribution in [3.8, 4) is 0 Å². The molecule has 0 radical (unpaired) electrons. The molecular formula is C20H15BrClNO3. The fraction of sp³-hybridized carbons (Fsp3) is 0.100. The summed E-state index contributed by atoms with van der Waals surface area (Å²) in [5, 5.41) is 11.3. The Bertz CT molecular complexity index is 904. The number of carbonyl (C=O) groups is 2. The van der Waals surface area contributed by atoms with Crippen LogP contribution in [0.1, 0.15) is 17.2 Å². The summed E-state index contributed by atoms with van der Waals surface area (Å²) in [4.78, 5) is 26.5. The van der Waals surface area contributed by atoms with Crippen molar-refractivity contribution in [2.75, 3.05) is 6.54 Å². The van der Waals surface area contributed by atoms with Crippen LogP contribution in [-0.4, -0.2) is 28.2 Å². The fourth-order valence-corrected chi connectivity index (χ4v) is 3.35. The summed E-state index contributed by atoms with van der Waals surface area (Å²) in [6.07, 6.45) is 1.55. The van der Waals surface area contributed by atoms with E-state index < -0.39 is 17.7 Å². The van der Waals surface area contributed by atoms with Gasteiger partial charge in [-0.2, -0.15) is 0 Å². The summed E-state index contributed by atoms with van der Waals surface area (Å²) in [6, 6.07) is 13.0. The number of likely N-dealkylation sites (tertiary alicyclic amines) is 1. The SMILES string of the molecule is C=CCN1C(=O)C(=O)/C(=C(/O)c2ccc(Cl)cc2)C1c1ccc(Br)cc1. The van der Waals surface area contributed by atoms with Gasteiger partial charge in [-0.25, -0.2) is 0 Å². The van der Waals surface area contributed by atoms with E-state index in [1.165, 1.54) is 4.90 Å². The molecule has 26 heavy (non-hydrogen) atoms. The van der Waals surface area contributed by atoms with E-state index in [2.05, 4.69) is 22.5 Å². The van der Waals surface area contributed by atoms with E-state index in [0.29, 0.717) is 10.6 Å². The second-order valence-electron chi connectivity index (χ2n) is 5.80. The van der Waals surface area contributed by atoms with Crippen LogP contribution in [0.2, 0.25) is 5.02 Å². The van der Waals surface area contributed by atoms with Gasteiger partial charge in [0.25, 0.3) is 11.7 Å². The Hall–Kier alpha value is -2.37. The van der Waals surface area contributed by atoms with Crippen molar-refractivity contribution >= 4 is 45.0 Å². The molecule has 0 aliphatic carbocycles. The molecule has 2 aromatic carbocycles. The van der Waals surface area contributed by atoms with Crippen LogP contribution >= 0.6 is 27.5 Å². The Morgan fingerprint density at radius 2 is 1.77 bits per heavy atom. The maximum Gasteiger partial charge on any atom is 0.295 e. The van der Waals surface area contributed by atoms with E-state index >= 15 is 0 Å². The summed E-state index contributed by atoms with van der Waals surface area (Å²) in [5.41, 5.74) is 1.21. The highest BCUT2D eigenvalue weighted by molar-refractivity contribution is 9.10. The molecule has 3 rings (SSSR count). The lowest BCUT2D eigenvalue weighted by atomic mass is 9.95. The van der Waals surface area contributed by atoms with Crippen molar-refractivity contribution in [2.24, 2.45) is 0 Å². The van der Waals surface area contributed by atoms with Crippen molar-refractivity contribution in [3.05, 3.63) is 87.4 Å². The molecule has 132 valence electrons.